The maximum absolute atomic E-state index is 6.65. The van der Waals surface area contributed by atoms with Crippen LogP contribution in [0.1, 0.15) is 24.5 Å². The minimum absolute atomic E-state index is 0.166. The Morgan fingerprint density at radius 3 is 2.93 bits per heavy atom. The van der Waals surface area contributed by atoms with Crippen molar-refractivity contribution in [2.24, 2.45) is 5.16 Å². The first kappa shape index (κ1) is 19.9. The summed E-state index contributed by atoms with van der Waals surface area (Å²) in [6.45, 7) is 3.03. The van der Waals surface area contributed by atoms with Crippen molar-refractivity contribution in [1.29, 1.82) is 0 Å². The van der Waals surface area contributed by atoms with E-state index in [0.29, 0.717) is 29.2 Å². The number of nitrogen functional groups attached to an aromatic ring is 1. The summed E-state index contributed by atoms with van der Waals surface area (Å²) >= 11 is 8.14. The van der Waals surface area contributed by atoms with Gasteiger partial charge in [-0.2, -0.15) is 9.97 Å². The van der Waals surface area contributed by atoms with E-state index in [0.717, 1.165) is 45.3 Å². The summed E-state index contributed by atoms with van der Waals surface area (Å²) in [4.78, 5) is 18.1. The van der Waals surface area contributed by atoms with Crippen molar-refractivity contribution in [3.8, 4) is 11.4 Å². The van der Waals surface area contributed by atoms with Crippen molar-refractivity contribution in [1.82, 2.24) is 15.0 Å². The molecule has 0 fully saturated rings. The molecule has 0 aliphatic carbocycles. The van der Waals surface area contributed by atoms with E-state index in [1.807, 2.05) is 25.1 Å². The lowest BCUT2D eigenvalue weighted by Crippen LogP contribution is -2.07. The van der Waals surface area contributed by atoms with Gasteiger partial charge in [-0.3, -0.25) is 0 Å². The number of rotatable bonds is 6. The zero-order chi connectivity index (χ0) is 20.4. The maximum Gasteiger partial charge on any atom is 0.224 e. The second-order valence-corrected chi connectivity index (χ2v) is 8.10. The lowest BCUT2D eigenvalue weighted by molar-refractivity contribution is 0.103. The Bertz CT molecular complexity index is 1110. The minimum Gasteiger partial charge on any atom is -0.399 e. The van der Waals surface area contributed by atoms with Gasteiger partial charge in [0.15, 0.2) is 11.0 Å². The van der Waals surface area contributed by atoms with Crippen molar-refractivity contribution in [2.45, 2.75) is 31.7 Å². The van der Waals surface area contributed by atoms with E-state index in [-0.39, 0.29) is 5.95 Å². The monoisotopic (exact) mass is 429 g/mol. The molecule has 29 heavy (non-hydrogen) atoms. The average Bonchev–Trinajstić information content (AvgIpc) is 2.68. The molecule has 2 N–H and O–H groups in total. The van der Waals surface area contributed by atoms with E-state index < -0.39 is 0 Å². The first-order chi connectivity index (χ1) is 14.1. The Morgan fingerprint density at radius 2 is 2.10 bits per heavy atom. The van der Waals surface area contributed by atoms with E-state index in [1.54, 1.807) is 0 Å². The van der Waals surface area contributed by atoms with Gasteiger partial charge in [0.2, 0.25) is 5.95 Å². The largest absolute Gasteiger partial charge is 0.399 e. The fourth-order valence-corrected chi connectivity index (χ4v) is 4.59. The number of aromatic nitrogens is 3. The number of anilines is 1. The number of benzene rings is 2. The molecule has 3 aromatic rings. The molecule has 9 heteroatoms. The van der Waals surface area contributed by atoms with Crippen LogP contribution in [0.15, 0.2) is 34.6 Å². The van der Waals surface area contributed by atoms with Crippen LogP contribution in [0.4, 0.5) is 5.95 Å². The van der Waals surface area contributed by atoms with Crippen molar-refractivity contribution >= 4 is 45.8 Å². The molecule has 150 valence electrons. The molecule has 0 atom stereocenters. The molecule has 1 aliphatic rings. The Labute approximate surface area is 177 Å². The molecule has 2 heterocycles. The number of oxime groups is 1. The SMILES string of the molecule is CON=C(C)CCSc1nc(N)nc(-c2c(Cl)cc3c4c(cccc24)COC3)n1. The highest BCUT2D eigenvalue weighted by Gasteiger charge is 2.20. The highest BCUT2D eigenvalue weighted by molar-refractivity contribution is 7.99. The Balaban J connectivity index is 1.73. The zero-order valence-electron chi connectivity index (χ0n) is 16.1. The highest BCUT2D eigenvalue weighted by atomic mass is 35.5. The second-order valence-electron chi connectivity index (χ2n) is 6.63. The summed E-state index contributed by atoms with van der Waals surface area (Å²) in [7, 11) is 1.53. The number of thioether (sulfide) groups is 1. The van der Waals surface area contributed by atoms with Gasteiger partial charge in [-0.1, -0.05) is 46.7 Å². The molecular weight excluding hydrogens is 410 g/mol. The van der Waals surface area contributed by atoms with E-state index in [4.69, 9.17) is 26.9 Å². The number of halogens is 1. The second kappa shape index (κ2) is 8.52. The Kier molecular flexibility index (Phi) is 5.84. The fourth-order valence-electron chi connectivity index (χ4n) is 3.39. The normalized spacial score (nSPS) is 13.7. The smallest absolute Gasteiger partial charge is 0.224 e. The third kappa shape index (κ3) is 4.14. The van der Waals surface area contributed by atoms with Gasteiger partial charge in [-0.25, -0.2) is 4.98 Å². The van der Waals surface area contributed by atoms with Gasteiger partial charge < -0.3 is 15.3 Å². The van der Waals surface area contributed by atoms with Crippen molar-refractivity contribution in [3.63, 3.8) is 0 Å². The first-order valence-corrected chi connectivity index (χ1v) is 10.4. The summed E-state index contributed by atoms with van der Waals surface area (Å²) in [6.07, 6.45) is 0.751. The van der Waals surface area contributed by atoms with Gasteiger partial charge in [0.05, 0.1) is 23.9 Å². The number of hydrogen-bond acceptors (Lipinski definition) is 8. The summed E-state index contributed by atoms with van der Waals surface area (Å²) in [5, 5.41) is 7.18. The molecule has 0 bridgehead atoms. The third-order valence-corrected chi connectivity index (χ3v) is 5.74. The Hall–Kier alpha value is -2.42. The molecule has 0 saturated heterocycles. The van der Waals surface area contributed by atoms with Gasteiger partial charge >= 0.3 is 0 Å². The van der Waals surface area contributed by atoms with Crippen LogP contribution in [0.25, 0.3) is 22.2 Å². The lowest BCUT2D eigenvalue weighted by Gasteiger charge is -2.20. The van der Waals surface area contributed by atoms with E-state index in [1.165, 1.54) is 18.9 Å². The number of hydrogen-bond donors (Lipinski definition) is 1. The van der Waals surface area contributed by atoms with Crippen LogP contribution in [0.5, 0.6) is 0 Å². The molecule has 0 amide bonds. The van der Waals surface area contributed by atoms with Crippen LogP contribution in [0, 0.1) is 0 Å². The Morgan fingerprint density at radius 1 is 1.28 bits per heavy atom. The van der Waals surface area contributed by atoms with Crippen LogP contribution in [0.3, 0.4) is 0 Å². The van der Waals surface area contributed by atoms with Crippen molar-refractivity contribution < 1.29 is 9.57 Å². The molecule has 0 unspecified atom stereocenters. The fraction of sp³-hybridized carbons (Fsp3) is 0.300. The number of ether oxygens (including phenoxy) is 1. The predicted octanol–water partition coefficient (Wildman–Crippen LogP) is 4.46. The van der Waals surface area contributed by atoms with Gasteiger partial charge in [0, 0.05) is 11.3 Å². The molecule has 1 aromatic heterocycles. The summed E-state index contributed by atoms with van der Waals surface area (Å²) < 4.78 is 5.66. The van der Waals surface area contributed by atoms with Crippen molar-refractivity contribution in [3.05, 3.63) is 40.4 Å². The average molecular weight is 430 g/mol. The standard InChI is InChI=1S/C20H20ClN5O2S/c1-11(26-27-2)6-7-29-20-24-18(23-19(22)25-20)17-14-5-3-4-12-9-28-10-13(16(12)14)8-15(17)21/h3-5,8H,6-7,9-10H2,1-2H3,(H2,22,23,24,25). The van der Waals surface area contributed by atoms with Crippen molar-refractivity contribution in [2.75, 3.05) is 18.6 Å². The molecule has 7 nitrogen and oxygen atoms in total. The lowest BCUT2D eigenvalue weighted by atomic mass is 9.94. The van der Waals surface area contributed by atoms with E-state index in [2.05, 4.69) is 26.2 Å². The number of nitrogens with zero attached hydrogens (tertiary/aromatic N) is 4. The van der Waals surface area contributed by atoms with Crippen LogP contribution in [-0.2, 0) is 22.8 Å². The first-order valence-electron chi connectivity index (χ1n) is 9.09. The number of nitrogens with two attached hydrogens (primary N) is 1. The topological polar surface area (TPSA) is 95.5 Å². The van der Waals surface area contributed by atoms with Gasteiger partial charge in [0.1, 0.15) is 7.11 Å². The minimum atomic E-state index is 0.166. The van der Waals surface area contributed by atoms with Gasteiger partial charge in [0.25, 0.3) is 0 Å². The van der Waals surface area contributed by atoms with Gasteiger partial charge in [-0.05, 0) is 41.3 Å². The van der Waals surface area contributed by atoms with Crippen LogP contribution in [0.2, 0.25) is 5.02 Å². The quantitative estimate of drug-likeness (QED) is 0.351. The molecule has 0 radical (unpaired) electrons. The zero-order valence-corrected chi connectivity index (χ0v) is 17.7. The van der Waals surface area contributed by atoms with Crippen LogP contribution in [-0.4, -0.2) is 33.5 Å². The predicted molar refractivity (Wildman–Crippen MR) is 116 cm³/mol. The molecule has 1 aliphatic heterocycles. The summed E-state index contributed by atoms with van der Waals surface area (Å²) in [5.41, 5.74) is 9.85. The summed E-state index contributed by atoms with van der Waals surface area (Å²) in [6, 6.07) is 8.02. The third-order valence-electron chi connectivity index (χ3n) is 4.59. The van der Waals surface area contributed by atoms with Crippen LogP contribution >= 0.6 is 23.4 Å². The molecule has 0 saturated carbocycles. The van der Waals surface area contributed by atoms with E-state index in [9.17, 15) is 0 Å². The highest BCUT2D eigenvalue weighted by Crippen LogP contribution is 2.39. The molecular formula is C20H20ClN5O2S. The molecule has 0 spiro atoms. The maximum atomic E-state index is 6.65. The van der Waals surface area contributed by atoms with Gasteiger partial charge in [-0.15, -0.1) is 0 Å². The molecule has 2 aromatic carbocycles. The molecule has 4 rings (SSSR count). The van der Waals surface area contributed by atoms with E-state index >= 15 is 0 Å². The van der Waals surface area contributed by atoms with Crippen LogP contribution < -0.4 is 5.73 Å². The summed E-state index contributed by atoms with van der Waals surface area (Å²) in [5.74, 6) is 1.39.